The van der Waals surface area contributed by atoms with Crippen LogP contribution < -0.4 is 4.90 Å². The van der Waals surface area contributed by atoms with Crippen LogP contribution in [-0.2, 0) is 11.2 Å². The Bertz CT molecular complexity index is 592. The molecule has 0 bridgehead atoms. The highest BCUT2D eigenvalue weighted by Crippen LogP contribution is 2.17. The van der Waals surface area contributed by atoms with Crippen molar-refractivity contribution in [2.75, 3.05) is 31.1 Å². The van der Waals surface area contributed by atoms with E-state index in [-0.39, 0.29) is 18.1 Å². The molecule has 1 aromatic carbocycles. The minimum absolute atomic E-state index is 0.00449. The Morgan fingerprint density at radius 1 is 1.19 bits per heavy atom. The smallest absolute Gasteiger partial charge is 0.230 e. The van der Waals surface area contributed by atoms with Crippen molar-refractivity contribution in [3.8, 4) is 0 Å². The van der Waals surface area contributed by atoms with E-state index in [4.69, 9.17) is 0 Å². The zero-order chi connectivity index (χ0) is 14.7. The van der Waals surface area contributed by atoms with Crippen LogP contribution in [-0.4, -0.2) is 57.6 Å². The fourth-order valence-corrected chi connectivity index (χ4v) is 2.37. The number of tetrazole rings is 1. The van der Waals surface area contributed by atoms with E-state index >= 15 is 0 Å². The van der Waals surface area contributed by atoms with Gasteiger partial charge in [0, 0.05) is 31.9 Å². The Labute approximate surface area is 120 Å². The molecule has 1 aromatic heterocycles. The predicted molar refractivity (Wildman–Crippen MR) is 73.1 cm³/mol. The fraction of sp³-hybridized carbons (Fsp3) is 0.385. The van der Waals surface area contributed by atoms with Crippen LogP contribution >= 0.6 is 0 Å². The largest absolute Gasteiger partial charge is 0.368 e. The van der Waals surface area contributed by atoms with Crippen LogP contribution in [0.2, 0.25) is 0 Å². The van der Waals surface area contributed by atoms with Crippen LogP contribution in [0.3, 0.4) is 0 Å². The molecule has 0 aliphatic carbocycles. The van der Waals surface area contributed by atoms with E-state index in [2.05, 4.69) is 25.5 Å². The van der Waals surface area contributed by atoms with Gasteiger partial charge < -0.3 is 9.80 Å². The summed E-state index contributed by atoms with van der Waals surface area (Å²) in [6, 6.07) is 6.41. The molecule has 1 aliphatic heterocycles. The molecule has 0 spiro atoms. The topological polar surface area (TPSA) is 78.0 Å². The molecule has 2 heterocycles. The van der Waals surface area contributed by atoms with Crippen molar-refractivity contribution < 1.29 is 9.18 Å². The van der Waals surface area contributed by atoms with Crippen LogP contribution in [0.4, 0.5) is 10.1 Å². The van der Waals surface area contributed by atoms with E-state index in [0.29, 0.717) is 18.9 Å². The number of H-pyrrole nitrogens is 1. The monoisotopic (exact) mass is 290 g/mol. The van der Waals surface area contributed by atoms with Gasteiger partial charge in [-0.05, 0) is 24.3 Å². The number of nitrogens with zero attached hydrogens (tertiary/aromatic N) is 5. The molecule has 2 aromatic rings. The highest BCUT2D eigenvalue weighted by atomic mass is 19.1. The molecule has 0 unspecified atom stereocenters. The van der Waals surface area contributed by atoms with Crippen LogP contribution in [0.5, 0.6) is 0 Å². The number of aromatic amines is 1. The molecule has 0 atom stereocenters. The van der Waals surface area contributed by atoms with E-state index in [9.17, 15) is 9.18 Å². The first-order chi connectivity index (χ1) is 10.2. The predicted octanol–water partition coefficient (Wildman–Crippen LogP) is 0.230. The first-order valence-electron chi connectivity index (χ1n) is 6.73. The Kier molecular flexibility index (Phi) is 3.76. The molecule has 3 rings (SSSR count). The zero-order valence-electron chi connectivity index (χ0n) is 11.4. The summed E-state index contributed by atoms with van der Waals surface area (Å²) in [5.41, 5.74) is 0.974. The molecular weight excluding hydrogens is 275 g/mol. The lowest BCUT2D eigenvalue weighted by atomic mass is 10.2. The van der Waals surface area contributed by atoms with Gasteiger partial charge in [0.05, 0.1) is 6.42 Å². The number of amides is 1. The third kappa shape index (κ3) is 3.15. The van der Waals surface area contributed by atoms with Crippen molar-refractivity contribution in [2.45, 2.75) is 6.42 Å². The third-order valence-corrected chi connectivity index (χ3v) is 3.52. The maximum atomic E-state index is 12.9. The molecule has 1 N–H and O–H groups in total. The second-order valence-electron chi connectivity index (χ2n) is 4.85. The SMILES string of the molecule is O=C(Cc1nn[nH]n1)N1CCN(c2ccc(F)cc2)CC1. The van der Waals surface area contributed by atoms with Gasteiger partial charge in [0.25, 0.3) is 0 Å². The number of hydrogen-bond acceptors (Lipinski definition) is 5. The second kappa shape index (κ2) is 5.86. The number of piperazine rings is 1. The average Bonchev–Trinajstić information content (AvgIpc) is 3.01. The molecule has 0 radical (unpaired) electrons. The van der Waals surface area contributed by atoms with Crippen LogP contribution in [0.15, 0.2) is 24.3 Å². The molecule has 1 amide bonds. The molecule has 7 nitrogen and oxygen atoms in total. The van der Waals surface area contributed by atoms with E-state index < -0.39 is 0 Å². The number of aromatic nitrogens is 4. The van der Waals surface area contributed by atoms with Crippen molar-refractivity contribution in [1.29, 1.82) is 0 Å². The maximum Gasteiger partial charge on any atom is 0.230 e. The van der Waals surface area contributed by atoms with E-state index in [1.165, 1.54) is 12.1 Å². The summed E-state index contributed by atoms with van der Waals surface area (Å²) < 4.78 is 12.9. The number of nitrogens with one attached hydrogen (secondary N) is 1. The normalized spacial score (nSPS) is 15.3. The minimum Gasteiger partial charge on any atom is -0.368 e. The van der Waals surface area contributed by atoms with Crippen LogP contribution in [0.1, 0.15) is 5.82 Å². The molecule has 110 valence electrons. The number of anilines is 1. The maximum absolute atomic E-state index is 12.9. The molecule has 1 fully saturated rings. The highest BCUT2D eigenvalue weighted by molar-refractivity contribution is 5.78. The molecular formula is C13H15FN6O. The number of rotatable bonds is 3. The molecule has 1 aliphatic rings. The van der Waals surface area contributed by atoms with Crippen molar-refractivity contribution >= 4 is 11.6 Å². The van der Waals surface area contributed by atoms with Gasteiger partial charge in [0.15, 0.2) is 5.82 Å². The quantitative estimate of drug-likeness (QED) is 0.875. The van der Waals surface area contributed by atoms with E-state index in [0.717, 1.165) is 18.8 Å². The zero-order valence-corrected chi connectivity index (χ0v) is 11.4. The number of hydrogen-bond donors (Lipinski definition) is 1. The molecule has 1 saturated heterocycles. The average molecular weight is 290 g/mol. The van der Waals surface area contributed by atoms with Crippen LogP contribution in [0.25, 0.3) is 0 Å². The second-order valence-corrected chi connectivity index (χ2v) is 4.85. The molecule has 21 heavy (non-hydrogen) atoms. The van der Waals surface area contributed by atoms with E-state index in [1.807, 2.05) is 0 Å². The summed E-state index contributed by atoms with van der Waals surface area (Å²) >= 11 is 0. The Hall–Kier alpha value is -2.51. The number of halogens is 1. The van der Waals surface area contributed by atoms with Crippen molar-refractivity contribution in [3.05, 3.63) is 35.9 Å². The summed E-state index contributed by atoms with van der Waals surface area (Å²) in [6.45, 7) is 2.72. The van der Waals surface area contributed by atoms with Crippen molar-refractivity contribution in [1.82, 2.24) is 25.5 Å². The van der Waals surface area contributed by atoms with Gasteiger partial charge >= 0.3 is 0 Å². The summed E-state index contributed by atoms with van der Waals surface area (Å²) in [5.74, 6) is 0.156. The lowest BCUT2D eigenvalue weighted by Crippen LogP contribution is -2.49. The fourth-order valence-electron chi connectivity index (χ4n) is 2.37. The summed E-state index contributed by atoms with van der Waals surface area (Å²) in [6.07, 6.45) is 0.160. The lowest BCUT2D eigenvalue weighted by Gasteiger charge is -2.36. The lowest BCUT2D eigenvalue weighted by molar-refractivity contribution is -0.130. The number of benzene rings is 1. The van der Waals surface area contributed by atoms with Gasteiger partial charge in [-0.3, -0.25) is 4.79 Å². The Morgan fingerprint density at radius 3 is 2.52 bits per heavy atom. The molecule has 0 saturated carbocycles. The van der Waals surface area contributed by atoms with Gasteiger partial charge in [-0.2, -0.15) is 5.21 Å². The number of carbonyl (C=O) groups is 1. The Morgan fingerprint density at radius 2 is 1.90 bits per heavy atom. The first-order valence-corrected chi connectivity index (χ1v) is 6.73. The first kappa shape index (κ1) is 13.5. The van der Waals surface area contributed by atoms with Gasteiger partial charge in [0.1, 0.15) is 5.82 Å². The standard InChI is InChI=1S/C13H15FN6O/c14-10-1-3-11(4-2-10)19-5-7-20(8-6-19)13(21)9-12-15-17-18-16-12/h1-4H,5-9H2,(H,15,16,17,18). The van der Waals surface area contributed by atoms with Gasteiger partial charge in [-0.25, -0.2) is 4.39 Å². The van der Waals surface area contributed by atoms with Gasteiger partial charge in [-0.1, -0.05) is 5.21 Å². The van der Waals surface area contributed by atoms with Gasteiger partial charge in [-0.15, -0.1) is 10.2 Å². The minimum atomic E-state index is -0.243. The summed E-state index contributed by atoms with van der Waals surface area (Å²) in [4.78, 5) is 16.0. The Balaban J connectivity index is 1.55. The van der Waals surface area contributed by atoms with Crippen molar-refractivity contribution in [3.63, 3.8) is 0 Å². The molecule has 8 heteroatoms. The highest BCUT2D eigenvalue weighted by Gasteiger charge is 2.22. The summed E-state index contributed by atoms with van der Waals surface area (Å²) in [5, 5.41) is 13.3. The third-order valence-electron chi connectivity index (χ3n) is 3.52. The van der Waals surface area contributed by atoms with E-state index in [1.54, 1.807) is 17.0 Å². The van der Waals surface area contributed by atoms with Gasteiger partial charge in [0.2, 0.25) is 5.91 Å². The summed E-state index contributed by atoms with van der Waals surface area (Å²) in [7, 11) is 0. The van der Waals surface area contributed by atoms with Crippen LogP contribution in [0, 0.1) is 5.82 Å². The van der Waals surface area contributed by atoms with Crippen molar-refractivity contribution in [2.24, 2.45) is 0 Å². The number of carbonyl (C=O) groups excluding carboxylic acids is 1.